The first kappa shape index (κ1) is 13.9. The summed E-state index contributed by atoms with van der Waals surface area (Å²) in [7, 11) is 1.88. The van der Waals surface area contributed by atoms with Gasteiger partial charge in [-0.1, -0.05) is 12.1 Å². The summed E-state index contributed by atoms with van der Waals surface area (Å²) in [4.78, 5) is 16.3. The average molecular weight is 261 g/mol. The Morgan fingerprint density at radius 2 is 1.84 bits per heavy atom. The molecular formula is C15H23N3O. The molecule has 1 heterocycles. The molecular weight excluding hydrogens is 238 g/mol. The quantitative estimate of drug-likeness (QED) is 0.836. The minimum atomic E-state index is -0.402. The van der Waals surface area contributed by atoms with Crippen molar-refractivity contribution in [2.24, 2.45) is 0 Å². The maximum atomic E-state index is 12.2. The van der Waals surface area contributed by atoms with Crippen LogP contribution in [0.4, 0.5) is 5.69 Å². The van der Waals surface area contributed by atoms with Crippen LogP contribution in [-0.2, 0) is 11.2 Å². The van der Waals surface area contributed by atoms with E-state index >= 15 is 0 Å². The molecule has 0 atom stereocenters. The number of carbonyl (C=O) groups excluding carboxylic acids is 1. The van der Waals surface area contributed by atoms with Gasteiger partial charge in [0.1, 0.15) is 0 Å². The van der Waals surface area contributed by atoms with E-state index in [-0.39, 0.29) is 5.91 Å². The summed E-state index contributed by atoms with van der Waals surface area (Å²) >= 11 is 0. The summed E-state index contributed by atoms with van der Waals surface area (Å²) in [6.45, 7) is 6.66. The number of nitrogens with two attached hydrogens (primary N) is 1. The van der Waals surface area contributed by atoms with Gasteiger partial charge in [0.15, 0.2) is 0 Å². The molecule has 1 saturated heterocycles. The molecule has 1 aliphatic rings. The molecule has 2 rings (SSSR count). The highest BCUT2D eigenvalue weighted by atomic mass is 16.2. The number of anilines is 1. The Kier molecular flexibility index (Phi) is 3.80. The third-order valence-corrected chi connectivity index (χ3v) is 4.02. The maximum absolute atomic E-state index is 12.2. The van der Waals surface area contributed by atoms with Crippen LogP contribution in [0.5, 0.6) is 0 Å². The predicted octanol–water partition coefficient (Wildman–Crippen LogP) is 1.36. The second-order valence-corrected chi connectivity index (χ2v) is 5.76. The van der Waals surface area contributed by atoms with Crippen molar-refractivity contribution in [3.05, 3.63) is 29.8 Å². The summed E-state index contributed by atoms with van der Waals surface area (Å²) in [5, 5.41) is 0. The van der Waals surface area contributed by atoms with Crippen molar-refractivity contribution in [3.63, 3.8) is 0 Å². The second kappa shape index (κ2) is 5.21. The van der Waals surface area contributed by atoms with Gasteiger partial charge >= 0.3 is 0 Å². The van der Waals surface area contributed by atoms with Crippen LogP contribution in [0.25, 0.3) is 0 Å². The summed E-state index contributed by atoms with van der Waals surface area (Å²) in [6, 6.07) is 7.96. The Morgan fingerprint density at radius 1 is 1.21 bits per heavy atom. The molecule has 1 amide bonds. The van der Waals surface area contributed by atoms with Crippen molar-refractivity contribution in [1.82, 2.24) is 9.80 Å². The van der Waals surface area contributed by atoms with Crippen LogP contribution in [0, 0.1) is 0 Å². The number of piperazine rings is 1. The van der Waals surface area contributed by atoms with E-state index in [0.29, 0.717) is 0 Å². The number of hydrogen-bond acceptors (Lipinski definition) is 3. The van der Waals surface area contributed by atoms with E-state index in [1.165, 1.54) is 5.56 Å². The van der Waals surface area contributed by atoms with Gasteiger partial charge in [0.25, 0.3) is 0 Å². The van der Waals surface area contributed by atoms with E-state index in [4.69, 9.17) is 5.73 Å². The van der Waals surface area contributed by atoms with Gasteiger partial charge in [0, 0.05) is 32.4 Å². The Labute approximate surface area is 115 Å². The van der Waals surface area contributed by atoms with E-state index in [2.05, 4.69) is 17.0 Å². The molecule has 0 bridgehead atoms. The summed E-state index contributed by atoms with van der Waals surface area (Å²) in [5.74, 6) is 0.205. The lowest BCUT2D eigenvalue weighted by molar-refractivity contribution is -0.147. The standard InChI is InChI=1S/C15H23N3O/c1-15(2)14(19)17(3)10-11-18(15)9-8-12-4-6-13(16)7-5-12/h4-7H,8-11,16H2,1-3H3. The van der Waals surface area contributed by atoms with Crippen LogP contribution in [0.15, 0.2) is 24.3 Å². The van der Waals surface area contributed by atoms with Crippen LogP contribution < -0.4 is 5.73 Å². The predicted molar refractivity (Wildman–Crippen MR) is 77.8 cm³/mol. The SMILES string of the molecule is CN1CCN(CCc2ccc(N)cc2)C(C)(C)C1=O. The molecule has 19 heavy (non-hydrogen) atoms. The van der Waals surface area contributed by atoms with Gasteiger partial charge in [-0.25, -0.2) is 0 Å². The number of hydrogen-bond donors (Lipinski definition) is 1. The van der Waals surface area contributed by atoms with Gasteiger partial charge in [0.2, 0.25) is 5.91 Å². The first-order valence-corrected chi connectivity index (χ1v) is 6.76. The van der Waals surface area contributed by atoms with Gasteiger partial charge in [-0.15, -0.1) is 0 Å². The Balaban J connectivity index is 1.99. The number of amides is 1. The van der Waals surface area contributed by atoms with Crippen LogP contribution in [0.2, 0.25) is 0 Å². The normalized spacial score (nSPS) is 19.7. The number of carbonyl (C=O) groups is 1. The lowest BCUT2D eigenvalue weighted by atomic mass is 9.97. The first-order chi connectivity index (χ1) is 8.91. The van der Waals surface area contributed by atoms with Crippen LogP contribution in [0.3, 0.4) is 0 Å². The van der Waals surface area contributed by atoms with E-state index in [0.717, 1.165) is 31.7 Å². The Morgan fingerprint density at radius 3 is 2.47 bits per heavy atom. The third-order valence-electron chi connectivity index (χ3n) is 4.02. The van der Waals surface area contributed by atoms with Crippen molar-refractivity contribution in [1.29, 1.82) is 0 Å². The van der Waals surface area contributed by atoms with Crippen LogP contribution in [-0.4, -0.2) is 47.9 Å². The molecule has 1 aromatic carbocycles. The number of benzene rings is 1. The van der Waals surface area contributed by atoms with E-state index < -0.39 is 5.54 Å². The monoisotopic (exact) mass is 261 g/mol. The zero-order valence-corrected chi connectivity index (χ0v) is 12.0. The fourth-order valence-corrected chi connectivity index (χ4v) is 2.59. The van der Waals surface area contributed by atoms with Gasteiger partial charge in [-0.2, -0.15) is 0 Å². The van der Waals surface area contributed by atoms with Crippen molar-refractivity contribution in [2.45, 2.75) is 25.8 Å². The van der Waals surface area contributed by atoms with Crippen molar-refractivity contribution >= 4 is 11.6 Å². The van der Waals surface area contributed by atoms with Crippen LogP contribution >= 0.6 is 0 Å². The van der Waals surface area contributed by atoms with Gasteiger partial charge < -0.3 is 10.6 Å². The van der Waals surface area contributed by atoms with E-state index in [9.17, 15) is 4.79 Å². The molecule has 0 aromatic heterocycles. The Bertz CT molecular complexity index is 453. The highest BCUT2D eigenvalue weighted by Crippen LogP contribution is 2.22. The number of likely N-dealkylation sites (N-methyl/N-ethyl adjacent to an activating group) is 1. The molecule has 1 aliphatic heterocycles. The second-order valence-electron chi connectivity index (χ2n) is 5.76. The average Bonchev–Trinajstić information content (AvgIpc) is 2.37. The lowest BCUT2D eigenvalue weighted by Gasteiger charge is -2.44. The van der Waals surface area contributed by atoms with Crippen molar-refractivity contribution in [3.8, 4) is 0 Å². The maximum Gasteiger partial charge on any atom is 0.242 e. The van der Waals surface area contributed by atoms with Crippen molar-refractivity contribution < 1.29 is 4.79 Å². The molecule has 0 spiro atoms. The molecule has 0 unspecified atom stereocenters. The van der Waals surface area contributed by atoms with Gasteiger partial charge in [-0.05, 0) is 38.0 Å². The number of nitrogens with zero attached hydrogens (tertiary/aromatic N) is 2. The molecule has 1 fully saturated rings. The lowest BCUT2D eigenvalue weighted by Crippen LogP contribution is -2.62. The highest BCUT2D eigenvalue weighted by Gasteiger charge is 2.39. The van der Waals surface area contributed by atoms with Gasteiger partial charge in [-0.3, -0.25) is 9.69 Å². The Hall–Kier alpha value is -1.55. The largest absolute Gasteiger partial charge is 0.399 e. The smallest absolute Gasteiger partial charge is 0.242 e. The fourth-order valence-electron chi connectivity index (χ4n) is 2.59. The molecule has 2 N–H and O–H groups in total. The summed E-state index contributed by atoms with van der Waals surface area (Å²) in [5.41, 5.74) is 7.33. The minimum absolute atomic E-state index is 0.205. The van der Waals surface area contributed by atoms with Gasteiger partial charge in [0.05, 0.1) is 5.54 Å². The summed E-state index contributed by atoms with van der Waals surface area (Å²) in [6.07, 6.45) is 0.945. The van der Waals surface area contributed by atoms with Crippen LogP contribution in [0.1, 0.15) is 19.4 Å². The molecule has 0 aliphatic carbocycles. The molecule has 4 nitrogen and oxygen atoms in total. The zero-order chi connectivity index (χ0) is 14.0. The fraction of sp³-hybridized carbons (Fsp3) is 0.533. The molecule has 4 heteroatoms. The number of nitrogen functional groups attached to an aromatic ring is 1. The number of rotatable bonds is 3. The van der Waals surface area contributed by atoms with Crippen molar-refractivity contribution in [2.75, 3.05) is 32.4 Å². The molecule has 1 aromatic rings. The minimum Gasteiger partial charge on any atom is -0.399 e. The first-order valence-electron chi connectivity index (χ1n) is 6.76. The zero-order valence-electron chi connectivity index (χ0n) is 12.0. The summed E-state index contributed by atoms with van der Waals surface area (Å²) < 4.78 is 0. The third kappa shape index (κ3) is 2.89. The molecule has 104 valence electrons. The topological polar surface area (TPSA) is 49.6 Å². The molecule has 0 saturated carbocycles. The molecule has 0 radical (unpaired) electrons. The van der Waals surface area contributed by atoms with E-state index in [1.54, 1.807) is 0 Å². The van der Waals surface area contributed by atoms with E-state index in [1.807, 2.05) is 37.9 Å². The highest BCUT2D eigenvalue weighted by molar-refractivity contribution is 5.86.